The predicted octanol–water partition coefficient (Wildman–Crippen LogP) is 3.87. The fourth-order valence-corrected chi connectivity index (χ4v) is 3.93. The van der Waals surface area contributed by atoms with E-state index in [1.807, 2.05) is 0 Å². The summed E-state index contributed by atoms with van der Waals surface area (Å²) in [6, 6.07) is 8.59. The van der Waals surface area contributed by atoms with Crippen LogP contribution in [0.25, 0.3) is 0 Å². The van der Waals surface area contributed by atoms with Crippen LogP contribution in [-0.4, -0.2) is 23.9 Å². The van der Waals surface area contributed by atoms with Crippen LogP contribution < -0.4 is 5.32 Å². The lowest BCUT2D eigenvalue weighted by atomic mass is 9.88. The highest BCUT2D eigenvalue weighted by molar-refractivity contribution is 5.78. The first-order valence-corrected chi connectivity index (χ1v) is 9.40. The molecule has 0 atom stereocenters. The van der Waals surface area contributed by atoms with Crippen molar-refractivity contribution in [1.29, 1.82) is 0 Å². The van der Waals surface area contributed by atoms with Gasteiger partial charge >= 0.3 is 0 Å². The Balaban J connectivity index is 1.55. The molecule has 0 spiro atoms. The molecule has 0 bridgehead atoms. The van der Waals surface area contributed by atoms with Crippen molar-refractivity contribution in [3.63, 3.8) is 0 Å². The van der Waals surface area contributed by atoms with E-state index in [0.29, 0.717) is 6.54 Å². The third-order valence-corrected chi connectivity index (χ3v) is 5.39. The Kier molecular flexibility index (Phi) is 6.09. The first kappa shape index (κ1) is 16.5. The molecular formula is C20H30N2O. The second-order valence-electron chi connectivity index (χ2n) is 7.16. The van der Waals surface area contributed by atoms with Gasteiger partial charge in [-0.2, -0.15) is 0 Å². The first-order valence-electron chi connectivity index (χ1n) is 9.40. The second-order valence-corrected chi connectivity index (χ2v) is 7.16. The van der Waals surface area contributed by atoms with E-state index >= 15 is 0 Å². The van der Waals surface area contributed by atoms with E-state index in [1.54, 1.807) is 0 Å². The Hall–Kier alpha value is -1.35. The number of hydrogen-bond donors (Lipinski definition) is 1. The lowest BCUT2D eigenvalue weighted by Crippen LogP contribution is -2.32. The van der Waals surface area contributed by atoms with Gasteiger partial charge in [0, 0.05) is 19.0 Å². The van der Waals surface area contributed by atoms with E-state index in [2.05, 4.69) is 34.5 Å². The molecule has 1 aromatic rings. The molecule has 1 saturated carbocycles. The van der Waals surface area contributed by atoms with E-state index < -0.39 is 0 Å². The van der Waals surface area contributed by atoms with Gasteiger partial charge in [0.2, 0.25) is 5.91 Å². The molecule has 1 aliphatic carbocycles. The SMILES string of the molecule is O=C(NCc1ccccc1CN1CCCCC1)C1CCCCC1. The molecule has 3 heteroatoms. The second kappa shape index (κ2) is 8.49. The average Bonchev–Trinajstić information content (AvgIpc) is 2.62. The highest BCUT2D eigenvalue weighted by Gasteiger charge is 2.21. The molecule has 2 aliphatic rings. The Morgan fingerprint density at radius 1 is 0.957 bits per heavy atom. The van der Waals surface area contributed by atoms with Crippen LogP contribution in [0.15, 0.2) is 24.3 Å². The van der Waals surface area contributed by atoms with Crippen LogP contribution in [0.3, 0.4) is 0 Å². The lowest BCUT2D eigenvalue weighted by Gasteiger charge is -2.27. The summed E-state index contributed by atoms with van der Waals surface area (Å²) in [5.74, 6) is 0.510. The standard InChI is InChI=1S/C20H30N2O/c23-20(17-9-3-1-4-10-17)21-15-18-11-5-6-12-19(18)16-22-13-7-2-8-14-22/h5-6,11-12,17H,1-4,7-10,13-16H2,(H,21,23). The van der Waals surface area contributed by atoms with Gasteiger partial charge in [0.1, 0.15) is 0 Å². The zero-order chi connectivity index (χ0) is 15.9. The number of amides is 1. The number of likely N-dealkylation sites (tertiary alicyclic amines) is 1. The summed E-state index contributed by atoms with van der Waals surface area (Å²) < 4.78 is 0. The summed E-state index contributed by atoms with van der Waals surface area (Å²) in [5, 5.41) is 3.19. The third-order valence-electron chi connectivity index (χ3n) is 5.39. The smallest absolute Gasteiger partial charge is 0.223 e. The summed E-state index contributed by atoms with van der Waals surface area (Å²) in [5.41, 5.74) is 2.65. The van der Waals surface area contributed by atoms with Crippen LogP contribution in [0.2, 0.25) is 0 Å². The van der Waals surface area contributed by atoms with E-state index in [-0.39, 0.29) is 11.8 Å². The van der Waals surface area contributed by atoms with Crippen LogP contribution in [-0.2, 0) is 17.9 Å². The number of carbonyl (C=O) groups excluding carboxylic acids is 1. The van der Waals surface area contributed by atoms with E-state index in [1.165, 1.54) is 62.7 Å². The topological polar surface area (TPSA) is 32.3 Å². The predicted molar refractivity (Wildman–Crippen MR) is 94.0 cm³/mol. The van der Waals surface area contributed by atoms with Crippen molar-refractivity contribution in [2.24, 2.45) is 5.92 Å². The Bertz CT molecular complexity index is 502. The monoisotopic (exact) mass is 314 g/mol. The van der Waals surface area contributed by atoms with Crippen molar-refractivity contribution in [3.05, 3.63) is 35.4 Å². The molecule has 1 amide bonds. The maximum atomic E-state index is 12.4. The molecule has 1 aliphatic heterocycles. The van der Waals surface area contributed by atoms with Gasteiger partial charge in [-0.15, -0.1) is 0 Å². The van der Waals surface area contributed by atoms with Crippen LogP contribution >= 0.6 is 0 Å². The molecular weight excluding hydrogens is 284 g/mol. The highest BCUT2D eigenvalue weighted by atomic mass is 16.1. The van der Waals surface area contributed by atoms with Crippen LogP contribution in [0.4, 0.5) is 0 Å². The minimum Gasteiger partial charge on any atom is -0.352 e. The summed E-state index contributed by atoms with van der Waals surface area (Å²) in [4.78, 5) is 14.9. The van der Waals surface area contributed by atoms with Crippen molar-refractivity contribution in [3.8, 4) is 0 Å². The number of hydrogen-bond acceptors (Lipinski definition) is 2. The van der Waals surface area contributed by atoms with Crippen molar-refractivity contribution in [2.45, 2.75) is 64.5 Å². The maximum absolute atomic E-state index is 12.4. The molecule has 1 N–H and O–H groups in total. The van der Waals surface area contributed by atoms with Crippen LogP contribution in [0.1, 0.15) is 62.5 Å². The van der Waals surface area contributed by atoms with Crippen LogP contribution in [0, 0.1) is 5.92 Å². The van der Waals surface area contributed by atoms with Crippen molar-refractivity contribution >= 4 is 5.91 Å². The van der Waals surface area contributed by atoms with Gasteiger partial charge in [0.05, 0.1) is 0 Å². The van der Waals surface area contributed by atoms with E-state index in [4.69, 9.17) is 0 Å². The number of nitrogens with zero attached hydrogens (tertiary/aromatic N) is 1. The lowest BCUT2D eigenvalue weighted by molar-refractivity contribution is -0.126. The minimum absolute atomic E-state index is 0.248. The quantitative estimate of drug-likeness (QED) is 0.895. The van der Waals surface area contributed by atoms with Gasteiger partial charge in [-0.3, -0.25) is 9.69 Å². The van der Waals surface area contributed by atoms with Gasteiger partial charge in [-0.05, 0) is 49.9 Å². The fourth-order valence-electron chi connectivity index (χ4n) is 3.93. The van der Waals surface area contributed by atoms with Gasteiger partial charge in [0.25, 0.3) is 0 Å². The summed E-state index contributed by atoms with van der Waals surface area (Å²) in [7, 11) is 0. The molecule has 0 aromatic heterocycles. The molecule has 0 radical (unpaired) electrons. The normalized spacial score (nSPS) is 20.3. The number of carbonyl (C=O) groups is 1. The zero-order valence-electron chi connectivity index (χ0n) is 14.2. The molecule has 23 heavy (non-hydrogen) atoms. The number of benzene rings is 1. The summed E-state index contributed by atoms with van der Waals surface area (Å²) in [6.45, 7) is 4.13. The molecule has 0 unspecified atom stereocenters. The number of nitrogens with one attached hydrogen (secondary N) is 1. The van der Waals surface area contributed by atoms with Crippen molar-refractivity contribution in [1.82, 2.24) is 10.2 Å². The van der Waals surface area contributed by atoms with Crippen LogP contribution in [0.5, 0.6) is 0 Å². The Morgan fingerprint density at radius 3 is 2.35 bits per heavy atom. The highest BCUT2D eigenvalue weighted by Crippen LogP contribution is 2.24. The van der Waals surface area contributed by atoms with Gasteiger partial charge in [-0.25, -0.2) is 0 Å². The van der Waals surface area contributed by atoms with Gasteiger partial charge < -0.3 is 5.32 Å². The minimum atomic E-state index is 0.248. The van der Waals surface area contributed by atoms with Gasteiger partial charge in [0.15, 0.2) is 0 Å². The molecule has 126 valence electrons. The average molecular weight is 314 g/mol. The molecule has 2 fully saturated rings. The number of piperidine rings is 1. The zero-order valence-corrected chi connectivity index (χ0v) is 14.2. The molecule has 1 saturated heterocycles. The van der Waals surface area contributed by atoms with E-state index in [0.717, 1.165) is 19.4 Å². The Labute approximate surface area is 140 Å². The largest absolute Gasteiger partial charge is 0.352 e. The van der Waals surface area contributed by atoms with Gasteiger partial charge in [-0.1, -0.05) is 49.9 Å². The first-order chi connectivity index (χ1) is 11.3. The third kappa shape index (κ3) is 4.81. The number of rotatable bonds is 5. The molecule has 1 aromatic carbocycles. The molecule has 1 heterocycles. The van der Waals surface area contributed by atoms with Crippen molar-refractivity contribution < 1.29 is 4.79 Å². The van der Waals surface area contributed by atoms with E-state index in [9.17, 15) is 4.79 Å². The Morgan fingerprint density at radius 2 is 1.61 bits per heavy atom. The fraction of sp³-hybridized carbons (Fsp3) is 0.650. The summed E-state index contributed by atoms with van der Waals surface area (Å²) >= 11 is 0. The maximum Gasteiger partial charge on any atom is 0.223 e. The molecule has 3 rings (SSSR count). The molecule has 3 nitrogen and oxygen atoms in total. The van der Waals surface area contributed by atoms with Crippen molar-refractivity contribution in [2.75, 3.05) is 13.1 Å². The summed E-state index contributed by atoms with van der Waals surface area (Å²) in [6.07, 6.45) is 9.87.